The minimum Gasteiger partial charge on any atom is -0.298 e. The second-order valence-corrected chi connectivity index (χ2v) is 5.23. The molecule has 3 aromatic heterocycles. The van der Waals surface area contributed by atoms with Crippen LogP contribution in [0.1, 0.15) is 0 Å². The van der Waals surface area contributed by atoms with Gasteiger partial charge in [-0.05, 0) is 23.6 Å². The summed E-state index contributed by atoms with van der Waals surface area (Å²) in [6, 6.07) is 20.7. The number of aromatic nitrogens is 3. The molecule has 0 aliphatic carbocycles. The van der Waals surface area contributed by atoms with Crippen molar-refractivity contribution in [1.82, 2.24) is 14.4 Å². The van der Waals surface area contributed by atoms with Gasteiger partial charge in [-0.2, -0.15) is 0 Å². The fraction of sp³-hybridized carbons (Fsp3) is 0. The summed E-state index contributed by atoms with van der Waals surface area (Å²) >= 11 is 0. The molecular weight excluding hydrogens is 258 g/mol. The van der Waals surface area contributed by atoms with Crippen LogP contribution in [0.5, 0.6) is 0 Å². The molecular formula is C18H11N3. The van der Waals surface area contributed by atoms with E-state index >= 15 is 0 Å². The van der Waals surface area contributed by atoms with Crippen molar-refractivity contribution in [3.63, 3.8) is 0 Å². The summed E-state index contributed by atoms with van der Waals surface area (Å²) in [6.45, 7) is 0. The van der Waals surface area contributed by atoms with E-state index in [1.54, 1.807) is 0 Å². The van der Waals surface area contributed by atoms with Crippen LogP contribution in [0, 0.1) is 0 Å². The Morgan fingerprint density at radius 3 is 2.52 bits per heavy atom. The van der Waals surface area contributed by atoms with Crippen LogP contribution in [0.25, 0.3) is 38.5 Å². The Kier molecular flexibility index (Phi) is 1.95. The van der Waals surface area contributed by atoms with E-state index in [0.717, 1.165) is 33.1 Å². The molecule has 0 aliphatic rings. The zero-order valence-electron chi connectivity index (χ0n) is 11.2. The van der Waals surface area contributed by atoms with Crippen LogP contribution in [-0.4, -0.2) is 14.4 Å². The first kappa shape index (κ1) is 10.8. The molecule has 0 amide bonds. The highest BCUT2D eigenvalue weighted by atomic mass is 15.0. The topological polar surface area (TPSA) is 30.2 Å². The van der Waals surface area contributed by atoms with Gasteiger partial charge in [-0.15, -0.1) is 0 Å². The zero-order valence-corrected chi connectivity index (χ0v) is 11.2. The highest BCUT2D eigenvalue weighted by Gasteiger charge is 2.09. The van der Waals surface area contributed by atoms with Crippen LogP contribution in [0.15, 0.2) is 66.9 Å². The van der Waals surface area contributed by atoms with E-state index in [9.17, 15) is 0 Å². The first-order valence-corrected chi connectivity index (χ1v) is 6.95. The van der Waals surface area contributed by atoms with Gasteiger partial charge in [0.1, 0.15) is 5.65 Å². The van der Waals surface area contributed by atoms with Gasteiger partial charge in [0.05, 0.1) is 11.0 Å². The Balaban J connectivity index is 2.04. The standard InChI is InChI=1S/C18H11N3/c1-3-7-14-12(5-1)9-10-21-16-11-13-6-2-4-8-15(13)19-17(16)20-18(14)21/h1-11H. The molecule has 0 saturated carbocycles. The predicted molar refractivity (Wildman–Crippen MR) is 85.5 cm³/mol. The van der Waals surface area contributed by atoms with Crippen molar-refractivity contribution >= 4 is 38.5 Å². The Bertz CT molecular complexity index is 1140. The van der Waals surface area contributed by atoms with Gasteiger partial charge in [0.25, 0.3) is 0 Å². The normalized spacial score (nSPS) is 11.8. The summed E-state index contributed by atoms with van der Waals surface area (Å²) in [4.78, 5) is 9.44. The van der Waals surface area contributed by atoms with Crippen LogP contribution in [0.2, 0.25) is 0 Å². The fourth-order valence-electron chi connectivity index (χ4n) is 2.96. The highest BCUT2D eigenvalue weighted by Crippen LogP contribution is 2.25. The number of hydrogen-bond donors (Lipinski definition) is 0. The van der Waals surface area contributed by atoms with E-state index in [4.69, 9.17) is 4.98 Å². The number of hydrogen-bond acceptors (Lipinski definition) is 2. The molecule has 3 heteroatoms. The average Bonchev–Trinajstić information content (AvgIpc) is 2.90. The smallest absolute Gasteiger partial charge is 0.179 e. The molecule has 5 rings (SSSR count). The Morgan fingerprint density at radius 2 is 1.57 bits per heavy atom. The molecule has 0 atom stereocenters. The van der Waals surface area contributed by atoms with Crippen molar-refractivity contribution < 1.29 is 0 Å². The first-order valence-electron chi connectivity index (χ1n) is 6.95. The lowest BCUT2D eigenvalue weighted by Gasteiger charge is -2.00. The number of rotatable bonds is 0. The largest absolute Gasteiger partial charge is 0.298 e. The summed E-state index contributed by atoms with van der Waals surface area (Å²) in [5.74, 6) is 0. The monoisotopic (exact) mass is 269 g/mol. The Hall–Kier alpha value is -2.94. The zero-order chi connectivity index (χ0) is 13.8. The number of pyridine rings is 2. The van der Waals surface area contributed by atoms with Crippen LogP contribution in [-0.2, 0) is 0 Å². The molecule has 0 aliphatic heterocycles. The number of fused-ring (bicyclic) bond motifs is 6. The fourth-order valence-corrected chi connectivity index (χ4v) is 2.96. The lowest BCUT2D eigenvalue weighted by molar-refractivity contribution is 1.25. The van der Waals surface area contributed by atoms with Gasteiger partial charge in [0, 0.05) is 17.0 Å². The molecule has 0 saturated heterocycles. The van der Waals surface area contributed by atoms with E-state index in [1.807, 2.05) is 30.3 Å². The summed E-state index contributed by atoms with van der Waals surface area (Å²) < 4.78 is 2.12. The van der Waals surface area contributed by atoms with Gasteiger partial charge in [0.15, 0.2) is 5.65 Å². The number of nitrogens with zero attached hydrogens (tertiary/aromatic N) is 3. The van der Waals surface area contributed by atoms with E-state index in [-0.39, 0.29) is 0 Å². The van der Waals surface area contributed by atoms with E-state index in [0.29, 0.717) is 0 Å². The molecule has 0 N–H and O–H groups in total. The van der Waals surface area contributed by atoms with Crippen molar-refractivity contribution in [3.05, 3.63) is 66.9 Å². The maximum Gasteiger partial charge on any atom is 0.179 e. The van der Waals surface area contributed by atoms with Crippen LogP contribution in [0.4, 0.5) is 0 Å². The van der Waals surface area contributed by atoms with Gasteiger partial charge in [0.2, 0.25) is 0 Å². The van der Waals surface area contributed by atoms with Gasteiger partial charge in [-0.3, -0.25) is 4.40 Å². The molecule has 3 heterocycles. The molecule has 3 nitrogen and oxygen atoms in total. The lowest BCUT2D eigenvalue weighted by Crippen LogP contribution is -1.86. The van der Waals surface area contributed by atoms with Gasteiger partial charge in [-0.25, -0.2) is 9.97 Å². The minimum absolute atomic E-state index is 0.796. The minimum atomic E-state index is 0.796. The van der Waals surface area contributed by atoms with Crippen molar-refractivity contribution in [2.24, 2.45) is 0 Å². The third-order valence-electron chi connectivity index (χ3n) is 3.99. The third kappa shape index (κ3) is 1.43. The highest BCUT2D eigenvalue weighted by molar-refractivity contribution is 5.99. The quantitative estimate of drug-likeness (QED) is 0.422. The second-order valence-electron chi connectivity index (χ2n) is 5.23. The molecule has 2 aromatic carbocycles. The SMILES string of the molecule is c1ccc2nc3nc4c5ccccc5ccn4c3cc2c1. The van der Waals surface area contributed by atoms with E-state index in [2.05, 4.69) is 45.9 Å². The summed E-state index contributed by atoms with van der Waals surface area (Å²) in [5, 5.41) is 3.49. The Labute approximate surface area is 120 Å². The van der Waals surface area contributed by atoms with Gasteiger partial charge in [-0.1, -0.05) is 42.5 Å². The molecule has 0 unspecified atom stereocenters. The Morgan fingerprint density at radius 1 is 0.762 bits per heavy atom. The van der Waals surface area contributed by atoms with E-state index < -0.39 is 0 Å². The summed E-state index contributed by atoms with van der Waals surface area (Å²) in [5.41, 5.74) is 3.79. The van der Waals surface area contributed by atoms with Crippen LogP contribution >= 0.6 is 0 Å². The first-order chi connectivity index (χ1) is 10.4. The van der Waals surface area contributed by atoms with Crippen molar-refractivity contribution in [2.45, 2.75) is 0 Å². The van der Waals surface area contributed by atoms with Gasteiger partial charge < -0.3 is 0 Å². The molecule has 0 bridgehead atoms. The predicted octanol–water partition coefficient (Wildman–Crippen LogP) is 4.19. The maximum absolute atomic E-state index is 4.75. The maximum atomic E-state index is 4.75. The molecule has 0 radical (unpaired) electrons. The number of benzene rings is 2. The lowest BCUT2D eigenvalue weighted by atomic mass is 10.2. The number of imidazole rings is 1. The second kappa shape index (κ2) is 3.79. The summed E-state index contributed by atoms with van der Waals surface area (Å²) in [6.07, 6.45) is 2.07. The molecule has 0 spiro atoms. The molecule has 21 heavy (non-hydrogen) atoms. The van der Waals surface area contributed by atoms with Crippen LogP contribution in [0.3, 0.4) is 0 Å². The molecule has 98 valence electrons. The molecule has 0 fully saturated rings. The van der Waals surface area contributed by atoms with Crippen molar-refractivity contribution in [2.75, 3.05) is 0 Å². The third-order valence-corrected chi connectivity index (χ3v) is 3.99. The van der Waals surface area contributed by atoms with Crippen molar-refractivity contribution in [1.29, 1.82) is 0 Å². The van der Waals surface area contributed by atoms with E-state index in [1.165, 1.54) is 5.39 Å². The average molecular weight is 269 g/mol. The van der Waals surface area contributed by atoms with Crippen LogP contribution < -0.4 is 0 Å². The summed E-state index contributed by atoms with van der Waals surface area (Å²) in [7, 11) is 0. The van der Waals surface area contributed by atoms with Gasteiger partial charge >= 0.3 is 0 Å². The molecule has 5 aromatic rings. The van der Waals surface area contributed by atoms with Crippen molar-refractivity contribution in [3.8, 4) is 0 Å². The number of para-hydroxylation sites is 1.